The molecule has 124 valence electrons. The van der Waals surface area contributed by atoms with Gasteiger partial charge in [0.2, 0.25) is 0 Å². The first-order valence-corrected chi connectivity index (χ1v) is 8.10. The highest BCUT2D eigenvalue weighted by Gasteiger charge is 2.52. The standard InChI is InChI=1S/C18H15Cl2NO3/c1-10-3-5-11(6-4-10)14(22)9-18(24)15-12(19)7-8-13(20)16(15)21(2)17(18)23/h3-8,24H,9H2,1-2H3. The molecule has 1 unspecified atom stereocenters. The third-order valence-electron chi connectivity index (χ3n) is 4.28. The summed E-state index contributed by atoms with van der Waals surface area (Å²) in [5.41, 5.74) is -0.0511. The second-order valence-electron chi connectivity index (χ2n) is 5.94. The molecule has 2 aromatic rings. The molecule has 3 rings (SSSR count). The molecule has 4 nitrogen and oxygen atoms in total. The van der Waals surface area contributed by atoms with E-state index in [0.29, 0.717) is 16.3 Å². The van der Waals surface area contributed by atoms with E-state index in [1.807, 2.05) is 6.92 Å². The minimum atomic E-state index is -2.02. The molecule has 2 aromatic carbocycles. The van der Waals surface area contributed by atoms with Crippen molar-refractivity contribution in [3.8, 4) is 0 Å². The van der Waals surface area contributed by atoms with Crippen LogP contribution in [0.2, 0.25) is 10.0 Å². The topological polar surface area (TPSA) is 57.6 Å². The second-order valence-corrected chi connectivity index (χ2v) is 6.76. The average molecular weight is 364 g/mol. The Hall–Kier alpha value is -1.88. The van der Waals surface area contributed by atoms with E-state index in [1.54, 1.807) is 30.3 Å². The molecule has 1 aliphatic heterocycles. The van der Waals surface area contributed by atoms with Crippen molar-refractivity contribution < 1.29 is 14.7 Å². The van der Waals surface area contributed by atoms with Crippen molar-refractivity contribution in [1.82, 2.24) is 0 Å². The Morgan fingerprint density at radius 3 is 2.33 bits per heavy atom. The monoisotopic (exact) mass is 363 g/mol. The lowest BCUT2D eigenvalue weighted by Gasteiger charge is -2.21. The molecule has 0 bridgehead atoms. The normalized spacial score (nSPS) is 19.5. The van der Waals surface area contributed by atoms with Gasteiger partial charge in [-0.25, -0.2) is 0 Å². The van der Waals surface area contributed by atoms with E-state index in [9.17, 15) is 14.7 Å². The Bertz CT molecular complexity index is 848. The van der Waals surface area contributed by atoms with Crippen molar-refractivity contribution in [2.24, 2.45) is 0 Å². The smallest absolute Gasteiger partial charge is 0.264 e. The summed E-state index contributed by atoms with van der Waals surface area (Å²) >= 11 is 12.3. The minimum Gasteiger partial charge on any atom is -0.375 e. The fourth-order valence-electron chi connectivity index (χ4n) is 2.99. The van der Waals surface area contributed by atoms with Crippen LogP contribution in [0.3, 0.4) is 0 Å². The summed E-state index contributed by atoms with van der Waals surface area (Å²) in [4.78, 5) is 26.4. The summed E-state index contributed by atoms with van der Waals surface area (Å²) in [5, 5.41) is 11.5. The average Bonchev–Trinajstić information content (AvgIpc) is 2.74. The predicted molar refractivity (Wildman–Crippen MR) is 93.9 cm³/mol. The van der Waals surface area contributed by atoms with Crippen molar-refractivity contribution in [3.05, 3.63) is 63.1 Å². The van der Waals surface area contributed by atoms with Crippen molar-refractivity contribution >= 4 is 40.6 Å². The lowest BCUT2D eigenvalue weighted by Crippen LogP contribution is -2.40. The Morgan fingerprint density at radius 2 is 1.71 bits per heavy atom. The number of aliphatic hydroxyl groups is 1. The van der Waals surface area contributed by atoms with Crippen molar-refractivity contribution in [2.75, 3.05) is 11.9 Å². The molecule has 0 saturated carbocycles. The largest absolute Gasteiger partial charge is 0.375 e. The maximum absolute atomic E-state index is 12.6. The molecule has 0 spiro atoms. The SMILES string of the molecule is Cc1ccc(C(=O)CC2(O)C(=O)N(C)c3c(Cl)ccc(Cl)c32)cc1. The third-order valence-corrected chi connectivity index (χ3v) is 4.90. The summed E-state index contributed by atoms with van der Waals surface area (Å²) in [5.74, 6) is -0.962. The summed E-state index contributed by atoms with van der Waals surface area (Å²) in [7, 11) is 1.50. The molecule has 1 aliphatic rings. The van der Waals surface area contributed by atoms with Crippen LogP contribution < -0.4 is 4.90 Å². The van der Waals surface area contributed by atoms with Crippen LogP contribution in [0, 0.1) is 6.92 Å². The first-order chi connectivity index (χ1) is 11.3. The van der Waals surface area contributed by atoms with Crippen LogP contribution in [0.1, 0.15) is 27.9 Å². The van der Waals surface area contributed by atoms with E-state index in [2.05, 4.69) is 0 Å². The van der Waals surface area contributed by atoms with Gasteiger partial charge in [-0.3, -0.25) is 9.59 Å². The van der Waals surface area contributed by atoms with Gasteiger partial charge in [-0.15, -0.1) is 0 Å². The zero-order chi connectivity index (χ0) is 17.6. The molecule has 0 radical (unpaired) electrons. The second kappa shape index (κ2) is 5.88. The first-order valence-electron chi connectivity index (χ1n) is 7.34. The number of amides is 1. The number of fused-ring (bicyclic) bond motifs is 1. The number of rotatable bonds is 3. The third kappa shape index (κ3) is 2.51. The van der Waals surface area contributed by atoms with Crippen LogP contribution in [-0.2, 0) is 10.4 Å². The van der Waals surface area contributed by atoms with E-state index in [1.165, 1.54) is 18.0 Å². The maximum Gasteiger partial charge on any atom is 0.264 e. The Kier molecular flexibility index (Phi) is 4.16. The Labute approximate surface area is 149 Å². The molecule has 1 N–H and O–H groups in total. The van der Waals surface area contributed by atoms with Crippen molar-refractivity contribution in [3.63, 3.8) is 0 Å². The number of halogens is 2. The van der Waals surface area contributed by atoms with Gasteiger partial charge in [0, 0.05) is 23.2 Å². The number of carbonyl (C=O) groups excluding carboxylic acids is 2. The number of hydrogen-bond donors (Lipinski definition) is 1. The minimum absolute atomic E-state index is 0.185. The van der Waals surface area contributed by atoms with E-state index >= 15 is 0 Å². The number of aryl methyl sites for hydroxylation is 1. The van der Waals surface area contributed by atoms with Crippen LogP contribution in [0.4, 0.5) is 5.69 Å². The Morgan fingerprint density at radius 1 is 1.12 bits per heavy atom. The molecule has 0 saturated heterocycles. The van der Waals surface area contributed by atoms with Gasteiger partial charge in [0.1, 0.15) is 0 Å². The predicted octanol–water partition coefficient (Wildman–Crippen LogP) is 3.74. The molecule has 1 heterocycles. The molecule has 0 fully saturated rings. The summed E-state index contributed by atoms with van der Waals surface area (Å²) < 4.78 is 0. The van der Waals surface area contributed by atoms with Crippen LogP contribution in [-0.4, -0.2) is 23.8 Å². The molecule has 1 amide bonds. The first kappa shape index (κ1) is 17.0. The number of likely N-dealkylation sites (N-methyl/N-ethyl adjacent to an activating group) is 1. The summed E-state index contributed by atoms with van der Waals surface area (Å²) in [6.45, 7) is 1.91. The van der Waals surface area contributed by atoms with E-state index in [0.717, 1.165) is 5.56 Å². The number of hydrogen-bond acceptors (Lipinski definition) is 3. The maximum atomic E-state index is 12.6. The molecular weight excluding hydrogens is 349 g/mol. The highest BCUT2D eigenvalue weighted by molar-refractivity contribution is 6.38. The highest BCUT2D eigenvalue weighted by Crippen LogP contribution is 2.49. The fourth-order valence-corrected chi connectivity index (χ4v) is 3.58. The Balaban J connectivity index is 2.05. The molecule has 6 heteroatoms. The number of benzene rings is 2. The quantitative estimate of drug-likeness (QED) is 0.845. The van der Waals surface area contributed by atoms with Crippen molar-refractivity contribution in [1.29, 1.82) is 0 Å². The molecule has 24 heavy (non-hydrogen) atoms. The highest BCUT2D eigenvalue weighted by atomic mass is 35.5. The van der Waals surface area contributed by atoms with Gasteiger partial charge >= 0.3 is 0 Å². The van der Waals surface area contributed by atoms with Gasteiger partial charge < -0.3 is 10.0 Å². The van der Waals surface area contributed by atoms with Crippen LogP contribution in [0.5, 0.6) is 0 Å². The summed E-state index contributed by atoms with van der Waals surface area (Å²) in [6, 6.07) is 10.0. The number of anilines is 1. The van der Waals surface area contributed by atoms with E-state index in [4.69, 9.17) is 23.2 Å². The van der Waals surface area contributed by atoms with E-state index in [-0.39, 0.29) is 16.4 Å². The van der Waals surface area contributed by atoms with Crippen LogP contribution >= 0.6 is 23.2 Å². The molecule has 1 atom stereocenters. The zero-order valence-corrected chi connectivity index (χ0v) is 14.6. The van der Waals surface area contributed by atoms with Crippen LogP contribution in [0.15, 0.2) is 36.4 Å². The summed E-state index contributed by atoms with van der Waals surface area (Å²) in [6.07, 6.45) is -0.397. The number of Topliss-reactive ketones (excluding diaryl/α,β-unsaturated/α-hetero) is 1. The lowest BCUT2D eigenvalue weighted by atomic mass is 9.88. The molecular formula is C18H15Cl2NO3. The zero-order valence-electron chi connectivity index (χ0n) is 13.1. The van der Waals surface area contributed by atoms with Gasteiger partial charge in [-0.05, 0) is 19.1 Å². The van der Waals surface area contributed by atoms with Gasteiger partial charge in [-0.2, -0.15) is 0 Å². The lowest BCUT2D eigenvalue weighted by molar-refractivity contribution is -0.135. The molecule has 0 aliphatic carbocycles. The van der Waals surface area contributed by atoms with Crippen LogP contribution in [0.25, 0.3) is 0 Å². The van der Waals surface area contributed by atoms with Crippen molar-refractivity contribution in [2.45, 2.75) is 18.9 Å². The number of ketones is 1. The van der Waals surface area contributed by atoms with Gasteiger partial charge in [0.25, 0.3) is 5.91 Å². The molecule has 0 aromatic heterocycles. The van der Waals surface area contributed by atoms with E-state index < -0.39 is 17.9 Å². The number of carbonyl (C=O) groups is 2. The fraction of sp³-hybridized carbons (Fsp3) is 0.222. The van der Waals surface area contributed by atoms with Gasteiger partial charge in [0.05, 0.1) is 17.1 Å². The van der Waals surface area contributed by atoms with Gasteiger partial charge in [0.15, 0.2) is 11.4 Å². The van der Waals surface area contributed by atoms with Gasteiger partial charge in [-0.1, -0.05) is 53.0 Å². The number of nitrogens with zero attached hydrogens (tertiary/aromatic N) is 1.